The maximum absolute atomic E-state index is 13.2. The van der Waals surface area contributed by atoms with Crippen LogP contribution in [-0.4, -0.2) is 26.8 Å². The van der Waals surface area contributed by atoms with E-state index in [-0.39, 0.29) is 23.9 Å². The maximum atomic E-state index is 13.2. The van der Waals surface area contributed by atoms with Crippen LogP contribution >= 0.6 is 11.6 Å². The quantitative estimate of drug-likeness (QED) is 0.441. The predicted octanol–water partition coefficient (Wildman–Crippen LogP) is 4.44. The Morgan fingerprint density at radius 1 is 1.09 bits per heavy atom. The predicted molar refractivity (Wildman–Crippen MR) is 132 cm³/mol. The minimum absolute atomic E-state index is 0.117. The molecule has 33 heavy (non-hydrogen) atoms. The lowest BCUT2D eigenvalue weighted by Gasteiger charge is -2.13. The Hall–Kier alpha value is -3.38. The van der Waals surface area contributed by atoms with E-state index >= 15 is 0 Å². The third-order valence-electron chi connectivity index (χ3n) is 6.10. The molecule has 4 rings (SSSR count). The molecule has 0 fully saturated rings. The molecule has 1 unspecified atom stereocenters. The van der Waals surface area contributed by atoms with Crippen LogP contribution in [0.2, 0.25) is 5.02 Å². The number of carbonyl (C=O) groups excluding carboxylic acids is 1. The van der Waals surface area contributed by atoms with Crippen LogP contribution in [0.3, 0.4) is 0 Å². The second-order valence-electron chi connectivity index (χ2n) is 8.40. The molecule has 0 aliphatic rings. The second kappa shape index (κ2) is 9.63. The van der Waals surface area contributed by atoms with E-state index in [1.54, 1.807) is 6.20 Å². The lowest BCUT2D eigenvalue weighted by Crippen LogP contribution is -2.35. The van der Waals surface area contributed by atoms with Gasteiger partial charge in [-0.25, -0.2) is 4.68 Å². The number of rotatable bonds is 7. The number of benzene rings is 2. The smallest absolute Gasteiger partial charge is 0.276 e. The molecule has 170 valence electrons. The fourth-order valence-corrected chi connectivity index (χ4v) is 4.38. The van der Waals surface area contributed by atoms with E-state index in [9.17, 15) is 9.59 Å². The lowest BCUT2D eigenvalue weighted by atomic mass is 10.0. The summed E-state index contributed by atoms with van der Waals surface area (Å²) in [6.07, 6.45) is 1.67. The van der Waals surface area contributed by atoms with Gasteiger partial charge >= 0.3 is 0 Å². The van der Waals surface area contributed by atoms with E-state index in [4.69, 9.17) is 11.6 Å². The van der Waals surface area contributed by atoms with Crippen LogP contribution in [0.4, 0.5) is 0 Å². The molecule has 0 radical (unpaired) electrons. The molecule has 0 saturated heterocycles. The number of hydrogen-bond acceptors (Lipinski definition) is 3. The summed E-state index contributed by atoms with van der Waals surface area (Å²) < 4.78 is 3.33. The Morgan fingerprint density at radius 2 is 1.85 bits per heavy atom. The first-order valence-corrected chi connectivity index (χ1v) is 11.3. The van der Waals surface area contributed by atoms with Crippen molar-refractivity contribution in [3.05, 3.63) is 98.7 Å². The van der Waals surface area contributed by atoms with Gasteiger partial charge in [0.1, 0.15) is 6.54 Å². The third-order valence-corrected chi connectivity index (χ3v) is 6.34. The van der Waals surface area contributed by atoms with Crippen molar-refractivity contribution in [1.29, 1.82) is 0 Å². The average molecular weight is 463 g/mol. The van der Waals surface area contributed by atoms with Crippen LogP contribution in [-0.2, 0) is 17.9 Å². The van der Waals surface area contributed by atoms with Crippen molar-refractivity contribution < 1.29 is 4.79 Å². The Balaban J connectivity index is 1.53. The minimum Gasteiger partial charge on any atom is -0.354 e. The first kappa shape index (κ1) is 22.8. The number of nitrogens with zero attached hydrogens (tertiary/aromatic N) is 3. The molecule has 0 spiro atoms. The molecular weight excluding hydrogens is 436 g/mol. The van der Waals surface area contributed by atoms with Crippen molar-refractivity contribution >= 4 is 28.3 Å². The van der Waals surface area contributed by atoms with Crippen molar-refractivity contribution in [3.63, 3.8) is 0 Å². The van der Waals surface area contributed by atoms with Crippen molar-refractivity contribution in [3.8, 4) is 0 Å². The third kappa shape index (κ3) is 4.86. The zero-order valence-electron chi connectivity index (χ0n) is 19.0. The van der Waals surface area contributed by atoms with Crippen molar-refractivity contribution in [2.75, 3.05) is 6.54 Å². The minimum atomic E-state index is -0.260. The van der Waals surface area contributed by atoms with Crippen LogP contribution in [0.15, 0.2) is 65.6 Å². The lowest BCUT2D eigenvalue weighted by molar-refractivity contribution is -0.121. The van der Waals surface area contributed by atoms with Crippen LogP contribution in [0.25, 0.3) is 10.8 Å². The largest absolute Gasteiger partial charge is 0.354 e. The normalized spacial score (nSPS) is 12.1. The molecule has 1 N–H and O–H groups in total. The topological polar surface area (TPSA) is 68.9 Å². The summed E-state index contributed by atoms with van der Waals surface area (Å²) in [6, 6.07) is 17.7. The summed E-state index contributed by atoms with van der Waals surface area (Å²) in [5, 5.41) is 9.26. The number of nitrogens with one attached hydrogen (secondary N) is 1. The van der Waals surface area contributed by atoms with Crippen LogP contribution < -0.4 is 10.9 Å². The second-order valence-corrected chi connectivity index (χ2v) is 8.84. The zero-order chi connectivity index (χ0) is 23.5. The zero-order valence-corrected chi connectivity index (χ0v) is 19.8. The standard InChI is InChI=1S/C26H27ClN4O2/c1-17(21-9-5-4-6-10-21)13-28-24(32)16-31-26(33)25-19(3)30(18(2)23(25)14-29-31)15-20-8-7-11-22(27)12-20/h4-12,14,17H,13,15-16H2,1-3H3,(H,28,32). The van der Waals surface area contributed by atoms with Gasteiger partial charge in [-0.05, 0) is 43.0 Å². The summed E-state index contributed by atoms with van der Waals surface area (Å²) in [5.74, 6) is -0.0628. The van der Waals surface area contributed by atoms with Crippen LogP contribution in [0.1, 0.15) is 35.4 Å². The van der Waals surface area contributed by atoms with E-state index in [0.29, 0.717) is 23.5 Å². The van der Waals surface area contributed by atoms with Crippen molar-refractivity contribution in [2.45, 2.75) is 39.8 Å². The molecule has 0 bridgehead atoms. The van der Waals surface area contributed by atoms with Gasteiger partial charge in [-0.3, -0.25) is 9.59 Å². The summed E-state index contributed by atoms with van der Waals surface area (Å²) in [7, 11) is 0. The highest BCUT2D eigenvalue weighted by molar-refractivity contribution is 6.30. The molecular formula is C26H27ClN4O2. The number of aryl methyl sites for hydroxylation is 2. The Kier molecular flexibility index (Phi) is 6.65. The van der Waals surface area contributed by atoms with Crippen LogP contribution in [0, 0.1) is 13.8 Å². The van der Waals surface area contributed by atoms with Gasteiger partial charge in [0.05, 0.1) is 11.6 Å². The van der Waals surface area contributed by atoms with E-state index in [2.05, 4.69) is 21.9 Å². The van der Waals surface area contributed by atoms with Gasteiger partial charge in [-0.2, -0.15) is 5.10 Å². The Bertz CT molecular complexity index is 1360. The molecule has 2 heterocycles. The van der Waals surface area contributed by atoms with Crippen molar-refractivity contribution in [1.82, 2.24) is 19.7 Å². The van der Waals surface area contributed by atoms with E-state index in [1.807, 2.05) is 68.4 Å². The Labute approximate surface area is 197 Å². The van der Waals surface area contributed by atoms with E-state index < -0.39 is 0 Å². The van der Waals surface area contributed by atoms with Gasteiger partial charge in [0.15, 0.2) is 0 Å². The average Bonchev–Trinajstić information content (AvgIpc) is 3.05. The van der Waals surface area contributed by atoms with Gasteiger partial charge in [0, 0.05) is 34.9 Å². The van der Waals surface area contributed by atoms with E-state index in [0.717, 1.165) is 27.9 Å². The van der Waals surface area contributed by atoms with E-state index in [1.165, 1.54) is 4.68 Å². The monoisotopic (exact) mass is 462 g/mol. The molecule has 2 aromatic carbocycles. The summed E-state index contributed by atoms with van der Waals surface area (Å²) in [4.78, 5) is 25.7. The number of fused-ring (bicyclic) bond motifs is 1. The molecule has 0 aliphatic heterocycles. The molecule has 7 heteroatoms. The fraction of sp³-hybridized carbons (Fsp3) is 0.269. The first-order chi connectivity index (χ1) is 15.8. The maximum Gasteiger partial charge on any atom is 0.276 e. The Morgan fingerprint density at radius 3 is 2.58 bits per heavy atom. The SMILES string of the molecule is Cc1c2cnn(CC(=O)NCC(C)c3ccccc3)c(=O)c2c(C)n1Cc1cccc(Cl)c1. The molecule has 0 aliphatic carbocycles. The van der Waals surface area contributed by atoms with Gasteiger partial charge < -0.3 is 9.88 Å². The first-order valence-electron chi connectivity index (χ1n) is 11.0. The van der Waals surface area contributed by atoms with Crippen molar-refractivity contribution in [2.24, 2.45) is 0 Å². The summed E-state index contributed by atoms with van der Waals surface area (Å²) in [6.45, 7) is 6.93. The highest BCUT2D eigenvalue weighted by Gasteiger charge is 2.18. The van der Waals surface area contributed by atoms with Gasteiger partial charge in [0.2, 0.25) is 5.91 Å². The molecule has 1 atom stereocenters. The van der Waals surface area contributed by atoms with Gasteiger partial charge in [0.25, 0.3) is 5.56 Å². The molecule has 1 amide bonds. The molecule has 0 saturated carbocycles. The van der Waals surface area contributed by atoms with Crippen LogP contribution in [0.5, 0.6) is 0 Å². The summed E-state index contributed by atoms with van der Waals surface area (Å²) in [5.41, 5.74) is 3.75. The molecule has 6 nitrogen and oxygen atoms in total. The number of hydrogen-bond donors (Lipinski definition) is 1. The number of aromatic nitrogens is 3. The number of halogens is 1. The summed E-state index contributed by atoms with van der Waals surface area (Å²) >= 11 is 6.13. The highest BCUT2D eigenvalue weighted by atomic mass is 35.5. The number of amides is 1. The van der Waals surface area contributed by atoms with Gasteiger partial charge in [-0.15, -0.1) is 0 Å². The fourth-order valence-electron chi connectivity index (χ4n) is 4.17. The van der Waals surface area contributed by atoms with Gasteiger partial charge in [-0.1, -0.05) is 61.0 Å². The molecule has 2 aromatic heterocycles. The molecule has 4 aromatic rings. The highest BCUT2D eigenvalue weighted by Crippen LogP contribution is 2.23. The number of carbonyl (C=O) groups is 1.